The molecule has 0 aliphatic carbocycles. The molecule has 0 spiro atoms. The molecular formula is C62H43N. The fourth-order valence-electron chi connectivity index (χ4n) is 9.40. The van der Waals surface area contributed by atoms with E-state index in [0.29, 0.717) is 0 Å². The maximum Gasteiger partial charge on any atom is 0.0546 e. The second-order valence-electron chi connectivity index (χ2n) is 16.0. The molecule has 0 amide bonds. The van der Waals surface area contributed by atoms with Gasteiger partial charge < -0.3 is 4.90 Å². The van der Waals surface area contributed by atoms with E-state index in [1.54, 1.807) is 0 Å². The van der Waals surface area contributed by atoms with Crippen LogP contribution >= 0.6 is 0 Å². The van der Waals surface area contributed by atoms with Gasteiger partial charge in [-0.1, -0.05) is 231 Å². The SMILES string of the molecule is c1ccc(-c2ccc(-c3ccc(N(c4ccccc4-c4ccccc4)c4cccc5c4c(-c4ccccc4)c(-c4ccccc4)c4ccccc45)cc3)cc2-c2ccccc2)cc1. The first-order valence-electron chi connectivity index (χ1n) is 21.7. The molecule has 0 N–H and O–H groups in total. The molecule has 11 rings (SSSR count). The first kappa shape index (κ1) is 37.7. The van der Waals surface area contributed by atoms with Crippen molar-refractivity contribution in [3.8, 4) is 66.8 Å². The molecular weight excluding hydrogens is 759 g/mol. The van der Waals surface area contributed by atoms with Crippen LogP contribution in [0.4, 0.5) is 17.1 Å². The highest BCUT2D eigenvalue weighted by atomic mass is 15.1. The molecule has 0 aliphatic rings. The van der Waals surface area contributed by atoms with E-state index in [1.165, 1.54) is 77.2 Å². The van der Waals surface area contributed by atoms with Crippen LogP contribution in [0, 0.1) is 0 Å². The number of fused-ring (bicyclic) bond motifs is 3. The van der Waals surface area contributed by atoms with E-state index in [-0.39, 0.29) is 0 Å². The number of benzene rings is 11. The van der Waals surface area contributed by atoms with Crippen LogP contribution in [0.3, 0.4) is 0 Å². The number of rotatable bonds is 9. The molecule has 11 aromatic carbocycles. The minimum atomic E-state index is 1.08. The maximum atomic E-state index is 2.48. The van der Waals surface area contributed by atoms with E-state index in [1.807, 2.05) is 0 Å². The number of hydrogen-bond acceptors (Lipinski definition) is 1. The molecule has 0 heterocycles. The molecule has 0 aliphatic heterocycles. The van der Waals surface area contributed by atoms with Crippen molar-refractivity contribution in [2.45, 2.75) is 0 Å². The summed E-state index contributed by atoms with van der Waals surface area (Å²) in [6.45, 7) is 0. The lowest BCUT2D eigenvalue weighted by atomic mass is 9.84. The molecule has 0 saturated heterocycles. The van der Waals surface area contributed by atoms with E-state index in [9.17, 15) is 0 Å². The summed E-state index contributed by atoms with van der Waals surface area (Å²) in [6, 6.07) is 94.7. The van der Waals surface area contributed by atoms with Gasteiger partial charge in [0.15, 0.2) is 0 Å². The Labute approximate surface area is 369 Å². The summed E-state index contributed by atoms with van der Waals surface area (Å²) in [7, 11) is 0. The van der Waals surface area contributed by atoms with Crippen LogP contribution in [0.15, 0.2) is 261 Å². The Hall–Kier alpha value is -8.26. The molecule has 11 aromatic rings. The zero-order valence-electron chi connectivity index (χ0n) is 34.8. The first-order chi connectivity index (χ1) is 31.3. The molecule has 0 bridgehead atoms. The number of hydrogen-bond donors (Lipinski definition) is 0. The molecule has 0 fully saturated rings. The third-order valence-corrected chi connectivity index (χ3v) is 12.3. The van der Waals surface area contributed by atoms with Gasteiger partial charge in [0.05, 0.1) is 11.4 Å². The average molecular weight is 802 g/mol. The Kier molecular flexibility index (Phi) is 9.97. The summed E-state index contributed by atoms with van der Waals surface area (Å²) in [5, 5.41) is 4.89. The highest BCUT2D eigenvalue weighted by Gasteiger charge is 2.25. The Balaban J connectivity index is 1.17. The lowest BCUT2D eigenvalue weighted by Crippen LogP contribution is -2.12. The Morgan fingerprint density at radius 2 is 0.667 bits per heavy atom. The summed E-state index contributed by atoms with van der Waals surface area (Å²) in [5.74, 6) is 0. The van der Waals surface area contributed by atoms with E-state index < -0.39 is 0 Å². The maximum absolute atomic E-state index is 2.48. The van der Waals surface area contributed by atoms with Crippen LogP contribution in [-0.4, -0.2) is 0 Å². The molecule has 1 heteroatoms. The smallest absolute Gasteiger partial charge is 0.0546 e. The van der Waals surface area contributed by atoms with Crippen LogP contribution in [0.5, 0.6) is 0 Å². The number of para-hydroxylation sites is 1. The molecule has 296 valence electrons. The largest absolute Gasteiger partial charge is 0.309 e. The highest BCUT2D eigenvalue weighted by molar-refractivity contribution is 6.25. The predicted octanol–water partition coefficient (Wildman–Crippen LogP) is 17.5. The minimum Gasteiger partial charge on any atom is -0.309 e. The van der Waals surface area contributed by atoms with Gasteiger partial charge in [0.25, 0.3) is 0 Å². The molecule has 1 nitrogen and oxygen atoms in total. The highest BCUT2D eigenvalue weighted by Crippen LogP contribution is 2.51. The molecule has 0 saturated carbocycles. The van der Waals surface area contributed by atoms with Crippen LogP contribution < -0.4 is 4.90 Å². The number of anilines is 3. The van der Waals surface area contributed by atoms with Gasteiger partial charge in [-0.15, -0.1) is 0 Å². The van der Waals surface area contributed by atoms with Gasteiger partial charge in [0.1, 0.15) is 0 Å². The van der Waals surface area contributed by atoms with Crippen molar-refractivity contribution in [3.63, 3.8) is 0 Å². The van der Waals surface area contributed by atoms with Crippen LogP contribution in [-0.2, 0) is 0 Å². The Morgan fingerprint density at radius 1 is 0.222 bits per heavy atom. The lowest BCUT2D eigenvalue weighted by Gasteiger charge is -2.31. The summed E-state index contributed by atoms with van der Waals surface area (Å²) >= 11 is 0. The van der Waals surface area contributed by atoms with Gasteiger partial charge in [-0.25, -0.2) is 0 Å². The minimum absolute atomic E-state index is 1.08. The van der Waals surface area contributed by atoms with Crippen molar-refractivity contribution in [2.24, 2.45) is 0 Å². The summed E-state index contributed by atoms with van der Waals surface area (Å²) in [4.78, 5) is 2.48. The van der Waals surface area contributed by atoms with E-state index in [0.717, 1.165) is 28.2 Å². The van der Waals surface area contributed by atoms with Crippen molar-refractivity contribution in [2.75, 3.05) is 4.90 Å². The van der Waals surface area contributed by atoms with Crippen LogP contribution in [0.2, 0.25) is 0 Å². The predicted molar refractivity (Wildman–Crippen MR) is 269 cm³/mol. The van der Waals surface area contributed by atoms with E-state index >= 15 is 0 Å². The van der Waals surface area contributed by atoms with Crippen LogP contribution in [0.25, 0.3) is 88.3 Å². The third-order valence-electron chi connectivity index (χ3n) is 12.3. The van der Waals surface area contributed by atoms with Gasteiger partial charge in [-0.2, -0.15) is 0 Å². The van der Waals surface area contributed by atoms with Crippen LogP contribution in [0.1, 0.15) is 0 Å². The normalized spacial score (nSPS) is 11.2. The second kappa shape index (κ2) is 16.7. The molecule has 0 aromatic heterocycles. The van der Waals surface area contributed by atoms with Crippen molar-refractivity contribution in [1.82, 2.24) is 0 Å². The van der Waals surface area contributed by atoms with Crippen molar-refractivity contribution in [3.05, 3.63) is 261 Å². The zero-order chi connectivity index (χ0) is 42.0. The fraction of sp³-hybridized carbons (Fsp3) is 0. The molecule has 0 atom stereocenters. The Morgan fingerprint density at radius 3 is 1.29 bits per heavy atom. The van der Waals surface area contributed by atoms with Gasteiger partial charge >= 0.3 is 0 Å². The standard InChI is InChI=1S/C62H43N/c1-6-21-45(22-7-1)52-42-39-50(43-57(52)47-25-10-3-11-26-47)44-37-40-51(41-38-44)63(58-35-19-18-31-53(58)46-23-8-2-9-24-46)59-36-20-34-56-54-32-16-17-33-55(54)60(48-27-12-4-13-28-48)61(62(56)59)49-29-14-5-15-30-49/h1-43H. The molecule has 0 radical (unpaired) electrons. The lowest BCUT2D eigenvalue weighted by molar-refractivity contribution is 1.30. The summed E-state index contributed by atoms with van der Waals surface area (Å²) < 4.78 is 0. The molecule has 63 heavy (non-hydrogen) atoms. The zero-order valence-corrected chi connectivity index (χ0v) is 34.8. The van der Waals surface area contributed by atoms with Gasteiger partial charge in [-0.3, -0.25) is 0 Å². The van der Waals surface area contributed by atoms with Crippen molar-refractivity contribution >= 4 is 38.6 Å². The van der Waals surface area contributed by atoms with Crippen molar-refractivity contribution < 1.29 is 0 Å². The topological polar surface area (TPSA) is 3.24 Å². The quantitative estimate of drug-likeness (QED) is 0.131. The summed E-state index contributed by atoms with van der Waals surface area (Å²) in [5.41, 5.74) is 17.6. The Bertz CT molecular complexity index is 3340. The summed E-state index contributed by atoms with van der Waals surface area (Å²) in [6.07, 6.45) is 0. The third kappa shape index (κ3) is 7.06. The van der Waals surface area contributed by atoms with Gasteiger partial charge in [0, 0.05) is 22.2 Å². The first-order valence-corrected chi connectivity index (χ1v) is 21.7. The van der Waals surface area contributed by atoms with Gasteiger partial charge in [0.2, 0.25) is 0 Å². The molecule has 0 unspecified atom stereocenters. The fourth-order valence-corrected chi connectivity index (χ4v) is 9.40. The van der Waals surface area contributed by atoms with Gasteiger partial charge in [-0.05, 0) is 102 Å². The van der Waals surface area contributed by atoms with E-state index in [4.69, 9.17) is 0 Å². The van der Waals surface area contributed by atoms with Crippen molar-refractivity contribution in [1.29, 1.82) is 0 Å². The monoisotopic (exact) mass is 801 g/mol. The number of nitrogens with zero attached hydrogens (tertiary/aromatic N) is 1. The average Bonchev–Trinajstić information content (AvgIpc) is 3.37. The second-order valence-corrected chi connectivity index (χ2v) is 16.0. The van der Waals surface area contributed by atoms with E-state index in [2.05, 4.69) is 266 Å².